The lowest BCUT2D eigenvalue weighted by molar-refractivity contribution is 0.730. The summed E-state index contributed by atoms with van der Waals surface area (Å²) in [6, 6.07) is 7.94. The first-order valence-corrected chi connectivity index (χ1v) is 7.97. The van der Waals surface area contributed by atoms with Crippen LogP contribution in [0.1, 0.15) is 38.2 Å². The fourth-order valence-corrected chi connectivity index (χ4v) is 2.37. The Morgan fingerprint density at radius 1 is 1.09 bits per heavy atom. The first-order chi connectivity index (χ1) is 10.7. The summed E-state index contributed by atoms with van der Waals surface area (Å²) < 4.78 is 0. The SMILES string of the molecule is CCCN(CCC)c1cc(NCc2ccccn2)nc(C)n1. The van der Waals surface area contributed by atoms with Gasteiger partial charge in [-0.3, -0.25) is 4.98 Å². The second-order valence-electron chi connectivity index (χ2n) is 5.32. The highest BCUT2D eigenvalue weighted by atomic mass is 15.2. The number of aryl methyl sites for hydroxylation is 1. The van der Waals surface area contributed by atoms with Crippen molar-refractivity contribution in [1.82, 2.24) is 15.0 Å². The van der Waals surface area contributed by atoms with Crippen molar-refractivity contribution >= 4 is 11.6 Å². The molecule has 5 nitrogen and oxygen atoms in total. The predicted octanol–water partition coefficient (Wildman–Crippen LogP) is 3.42. The molecule has 0 saturated heterocycles. The maximum Gasteiger partial charge on any atom is 0.134 e. The number of aromatic nitrogens is 3. The van der Waals surface area contributed by atoms with E-state index in [2.05, 4.69) is 39.0 Å². The van der Waals surface area contributed by atoms with Gasteiger partial charge < -0.3 is 10.2 Å². The molecule has 22 heavy (non-hydrogen) atoms. The van der Waals surface area contributed by atoms with Gasteiger partial charge in [0, 0.05) is 25.4 Å². The summed E-state index contributed by atoms with van der Waals surface area (Å²) in [7, 11) is 0. The molecule has 0 spiro atoms. The van der Waals surface area contributed by atoms with Crippen LogP contribution in [-0.2, 0) is 6.54 Å². The molecule has 0 unspecified atom stereocenters. The molecule has 0 aliphatic heterocycles. The minimum absolute atomic E-state index is 0.665. The quantitative estimate of drug-likeness (QED) is 0.809. The molecule has 0 saturated carbocycles. The number of nitrogens with one attached hydrogen (secondary N) is 1. The molecule has 2 rings (SSSR count). The molecule has 0 bridgehead atoms. The summed E-state index contributed by atoms with van der Waals surface area (Å²) in [5.41, 5.74) is 0.999. The van der Waals surface area contributed by atoms with Crippen LogP contribution >= 0.6 is 0 Å². The van der Waals surface area contributed by atoms with Crippen molar-refractivity contribution in [2.45, 2.75) is 40.2 Å². The van der Waals surface area contributed by atoms with Crippen LogP contribution in [0.3, 0.4) is 0 Å². The van der Waals surface area contributed by atoms with Gasteiger partial charge in [-0.05, 0) is 31.9 Å². The Morgan fingerprint density at radius 3 is 2.50 bits per heavy atom. The fraction of sp³-hybridized carbons (Fsp3) is 0.471. The van der Waals surface area contributed by atoms with Crippen molar-refractivity contribution in [2.75, 3.05) is 23.3 Å². The zero-order chi connectivity index (χ0) is 15.8. The summed E-state index contributed by atoms with van der Waals surface area (Å²) in [5.74, 6) is 2.64. The summed E-state index contributed by atoms with van der Waals surface area (Å²) in [6.07, 6.45) is 4.03. The third kappa shape index (κ3) is 4.69. The molecule has 2 aromatic heterocycles. The van der Waals surface area contributed by atoms with Gasteiger partial charge in [0.1, 0.15) is 17.5 Å². The van der Waals surface area contributed by atoms with E-state index in [4.69, 9.17) is 0 Å². The van der Waals surface area contributed by atoms with E-state index >= 15 is 0 Å². The van der Waals surface area contributed by atoms with Crippen LogP contribution in [0.25, 0.3) is 0 Å². The van der Waals surface area contributed by atoms with Crippen molar-refractivity contribution < 1.29 is 0 Å². The van der Waals surface area contributed by atoms with E-state index in [1.54, 1.807) is 6.20 Å². The van der Waals surface area contributed by atoms with E-state index in [1.165, 1.54) is 0 Å². The van der Waals surface area contributed by atoms with E-state index in [0.717, 1.165) is 49.1 Å². The molecule has 0 atom stereocenters. The molecule has 2 aromatic rings. The lowest BCUT2D eigenvalue weighted by atomic mass is 10.3. The first kappa shape index (κ1) is 16.2. The third-order valence-electron chi connectivity index (χ3n) is 3.31. The molecule has 0 radical (unpaired) electrons. The van der Waals surface area contributed by atoms with E-state index in [-0.39, 0.29) is 0 Å². The fourth-order valence-electron chi connectivity index (χ4n) is 2.37. The number of anilines is 2. The molecule has 118 valence electrons. The van der Waals surface area contributed by atoms with Gasteiger partial charge in [0.2, 0.25) is 0 Å². The second kappa shape index (κ2) is 8.32. The molecule has 0 aliphatic carbocycles. The number of rotatable bonds is 8. The molecule has 0 aromatic carbocycles. The number of hydrogen-bond acceptors (Lipinski definition) is 5. The zero-order valence-electron chi connectivity index (χ0n) is 13.7. The van der Waals surface area contributed by atoms with E-state index < -0.39 is 0 Å². The van der Waals surface area contributed by atoms with Crippen molar-refractivity contribution in [3.63, 3.8) is 0 Å². The Kier molecular flexibility index (Phi) is 6.13. The largest absolute Gasteiger partial charge is 0.364 e. The van der Waals surface area contributed by atoms with Gasteiger partial charge in [0.15, 0.2) is 0 Å². The summed E-state index contributed by atoms with van der Waals surface area (Å²) >= 11 is 0. The van der Waals surface area contributed by atoms with Gasteiger partial charge in [-0.25, -0.2) is 9.97 Å². The minimum atomic E-state index is 0.665. The monoisotopic (exact) mass is 299 g/mol. The smallest absolute Gasteiger partial charge is 0.134 e. The Hall–Kier alpha value is -2.17. The van der Waals surface area contributed by atoms with Crippen LogP contribution in [-0.4, -0.2) is 28.0 Å². The van der Waals surface area contributed by atoms with Gasteiger partial charge in [-0.15, -0.1) is 0 Å². The Labute approximate surface area is 132 Å². The van der Waals surface area contributed by atoms with Crippen molar-refractivity contribution in [2.24, 2.45) is 0 Å². The zero-order valence-corrected chi connectivity index (χ0v) is 13.7. The van der Waals surface area contributed by atoms with Gasteiger partial charge in [0.25, 0.3) is 0 Å². The molecule has 2 heterocycles. The van der Waals surface area contributed by atoms with Crippen molar-refractivity contribution in [1.29, 1.82) is 0 Å². The molecule has 1 N–H and O–H groups in total. The molecule has 0 fully saturated rings. The maximum absolute atomic E-state index is 4.59. The number of pyridine rings is 1. The van der Waals surface area contributed by atoms with Crippen LogP contribution in [0.2, 0.25) is 0 Å². The highest BCUT2D eigenvalue weighted by Crippen LogP contribution is 2.17. The van der Waals surface area contributed by atoms with E-state index in [9.17, 15) is 0 Å². The molecule has 0 amide bonds. The normalized spacial score (nSPS) is 10.5. The average Bonchev–Trinajstić information content (AvgIpc) is 2.53. The number of nitrogens with zero attached hydrogens (tertiary/aromatic N) is 4. The van der Waals surface area contributed by atoms with Crippen LogP contribution in [0.5, 0.6) is 0 Å². The molecular weight excluding hydrogens is 274 g/mol. The van der Waals surface area contributed by atoms with Gasteiger partial charge >= 0.3 is 0 Å². The molecule has 5 heteroatoms. The second-order valence-corrected chi connectivity index (χ2v) is 5.32. The standard InChI is InChI=1S/C17H25N5/c1-4-10-22(11-5-2)17-12-16(20-14(3)21-17)19-13-15-8-6-7-9-18-15/h6-9,12H,4-5,10-11,13H2,1-3H3,(H,19,20,21). The summed E-state index contributed by atoms with van der Waals surface area (Å²) in [4.78, 5) is 15.7. The summed E-state index contributed by atoms with van der Waals surface area (Å²) in [5, 5.41) is 3.34. The third-order valence-corrected chi connectivity index (χ3v) is 3.31. The first-order valence-electron chi connectivity index (χ1n) is 7.97. The van der Waals surface area contributed by atoms with Crippen molar-refractivity contribution in [3.05, 3.63) is 42.0 Å². The van der Waals surface area contributed by atoms with Gasteiger partial charge in [0.05, 0.1) is 12.2 Å². The van der Waals surface area contributed by atoms with Crippen LogP contribution in [0, 0.1) is 6.92 Å². The Balaban J connectivity index is 2.11. The Bertz CT molecular complexity index is 565. The lowest BCUT2D eigenvalue weighted by Crippen LogP contribution is -2.26. The van der Waals surface area contributed by atoms with Crippen LogP contribution < -0.4 is 10.2 Å². The van der Waals surface area contributed by atoms with Crippen molar-refractivity contribution in [3.8, 4) is 0 Å². The maximum atomic E-state index is 4.59. The summed E-state index contributed by atoms with van der Waals surface area (Å²) in [6.45, 7) is 9.02. The van der Waals surface area contributed by atoms with Gasteiger partial charge in [-0.2, -0.15) is 0 Å². The molecular formula is C17H25N5. The van der Waals surface area contributed by atoms with Crippen LogP contribution in [0.4, 0.5) is 11.6 Å². The topological polar surface area (TPSA) is 53.9 Å². The predicted molar refractivity (Wildman–Crippen MR) is 91.1 cm³/mol. The van der Waals surface area contributed by atoms with Gasteiger partial charge in [-0.1, -0.05) is 19.9 Å². The highest BCUT2D eigenvalue weighted by Gasteiger charge is 2.09. The van der Waals surface area contributed by atoms with E-state index in [0.29, 0.717) is 6.54 Å². The highest BCUT2D eigenvalue weighted by molar-refractivity contribution is 5.49. The minimum Gasteiger partial charge on any atom is -0.364 e. The van der Waals surface area contributed by atoms with E-state index in [1.807, 2.05) is 31.2 Å². The van der Waals surface area contributed by atoms with Crippen LogP contribution in [0.15, 0.2) is 30.5 Å². The average molecular weight is 299 g/mol. The molecule has 0 aliphatic rings. The Morgan fingerprint density at radius 2 is 1.86 bits per heavy atom. The number of hydrogen-bond donors (Lipinski definition) is 1. The lowest BCUT2D eigenvalue weighted by Gasteiger charge is -2.23.